The highest BCUT2D eigenvalue weighted by atomic mass is 35.5. The highest BCUT2D eigenvalue weighted by Gasteiger charge is 2.24. The first kappa shape index (κ1) is 16.5. The van der Waals surface area contributed by atoms with Crippen LogP contribution in [0, 0.1) is 0 Å². The molecular formula is C18H18ClN3O2. The Morgan fingerprint density at radius 2 is 1.88 bits per heavy atom. The minimum Gasteiger partial charge on any atom is -0.349 e. The SMILES string of the molecule is O=C(NC1CCN(C(=O)c2cccnc2)CC1)c1cccc(Cl)c1. The fourth-order valence-corrected chi connectivity index (χ4v) is 2.99. The molecule has 2 amide bonds. The number of hydrogen-bond donors (Lipinski definition) is 1. The van der Waals surface area contributed by atoms with Crippen molar-refractivity contribution in [1.29, 1.82) is 0 Å². The second kappa shape index (κ2) is 7.45. The van der Waals surface area contributed by atoms with E-state index in [-0.39, 0.29) is 17.9 Å². The van der Waals surface area contributed by atoms with Gasteiger partial charge in [0.25, 0.3) is 11.8 Å². The second-order valence-electron chi connectivity index (χ2n) is 5.79. The molecule has 0 saturated carbocycles. The Bertz CT molecular complexity index is 728. The molecule has 1 fully saturated rings. The van der Waals surface area contributed by atoms with Crippen molar-refractivity contribution in [2.75, 3.05) is 13.1 Å². The summed E-state index contributed by atoms with van der Waals surface area (Å²) >= 11 is 5.91. The molecule has 3 rings (SSSR count). The summed E-state index contributed by atoms with van der Waals surface area (Å²) in [5.74, 6) is -0.141. The van der Waals surface area contributed by atoms with Gasteiger partial charge in [0.05, 0.1) is 5.56 Å². The summed E-state index contributed by atoms with van der Waals surface area (Å²) in [5, 5.41) is 3.55. The van der Waals surface area contributed by atoms with Crippen LogP contribution in [0.15, 0.2) is 48.8 Å². The molecule has 1 aromatic carbocycles. The van der Waals surface area contributed by atoms with E-state index in [1.54, 1.807) is 53.7 Å². The number of piperidine rings is 1. The Morgan fingerprint density at radius 1 is 1.12 bits per heavy atom. The van der Waals surface area contributed by atoms with Gasteiger partial charge < -0.3 is 10.2 Å². The lowest BCUT2D eigenvalue weighted by atomic mass is 10.0. The average molecular weight is 344 g/mol. The third kappa shape index (κ3) is 3.92. The predicted octanol–water partition coefficient (Wildman–Crippen LogP) is 2.77. The number of rotatable bonds is 3. The molecule has 0 bridgehead atoms. The first-order valence-electron chi connectivity index (χ1n) is 7.89. The largest absolute Gasteiger partial charge is 0.349 e. The zero-order chi connectivity index (χ0) is 16.9. The summed E-state index contributed by atoms with van der Waals surface area (Å²) in [6.45, 7) is 1.24. The number of pyridine rings is 1. The minimum atomic E-state index is -0.130. The number of nitrogens with zero attached hydrogens (tertiary/aromatic N) is 2. The lowest BCUT2D eigenvalue weighted by molar-refractivity contribution is 0.0697. The molecule has 5 nitrogen and oxygen atoms in total. The number of amides is 2. The highest BCUT2D eigenvalue weighted by molar-refractivity contribution is 6.30. The molecule has 24 heavy (non-hydrogen) atoms. The van der Waals surface area contributed by atoms with Gasteiger partial charge in [0.1, 0.15) is 0 Å². The van der Waals surface area contributed by atoms with Gasteiger partial charge >= 0.3 is 0 Å². The van der Waals surface area contributed by atoms with Gasteiger partial charge in [0.2, 0.25) is 0 Å². The number of halogens is 1. The summed E-state index contributed by atoms with van der Waals surface area (Å²) in [6, 6.07) is 10.5. The van der Waals surface area contributed by atoms with Gasteiger partial charge in [0, 0.05) is 42.1 Å². The van der Waals surface area contributed by atoms with Gasteiger partial charge in [-0.3, -0.25) is 14.6 Å². The fourth-order valence-electron chi connectivity index (χ4n) is 2.80. The van der Waals surface area contributed by atoms with Crippen molar-refractivity contribution in [3.8, 4) is 0 Å². The Balaban J connectivity index is 1.54. The molecule has 2 heterocycles. The number of nitrogens with one attached hydrogen (secondary N) is 1. The van der Waals surface area contributed by atoms with Gasteiger partial charge in [-0.05, 0) is 43.2 Å². The molecule has 6 heteroatoms. The fraction of sp³-hybridized carbons (Fsp3) is 0.278. The van der Waals surface area contributed by atoms with Crippen LogP contribution in [0.5, 0.6) is 0 Å². The first-order valence-corrected chi connectivity index (χ1v) is 8.27. The van der Waals surface area contributed by atoms with Gasteiger partial charge in [-0.2, -0.15) is 0 Å². The number of carbonyl (C=O) groups excluding carboxylic acids is 2. The van der Waals surface area contributed by atoms with Crippen LogP contribution in [0.1, 0.15) is 33.6 Å². The first-order chi connectivity index (χ1) is 11.6. The maximum atomic E-state index is 12.4. The molecule has 1 aromatic heterocycles. The molecule has 1 aliphatic rings. The number of likely N-dealkylation sites (tertiary alicyclic amines) is 1. The summed E-state index contributed by atoms with van der Waals surface area (Å²) in [4.78, 5) is 30.4. The van der Waals surface area contributed by atoms with Crippen molar-refractivity contribution in [3.05, 3.63) is 64.9 Å². The van der Waals surface area contributed by atoms with Gasteiger partial charge in [0.15, 0.2) is 0 Å². The van der Waals surface area contributed by atoms with Crippen molar-refractivity contribution in [2.24, 2.45) is 0 Å². The van der Waals surface area contributed by atoms with Gasteiger partial charge in [-0.15, -0.1) is 0 Å². The van der Waals surface area contributed by atoms with Crippen molar-refractivity contribution in [2.45, 2.75) is 18.9 Å². The van der Waals surface area contributed by atoms with Crippen LogP contribution < -0.4 is 5.32 Å². The summed E-state index contributed by atoms with van der Waals surface area (Å²) in [6.07, 6.45) is 4.69. The minimum absolute atomic E-state index is 0.0114. The van der Waals surface area contributed by atoms with E-state index in [1.165, 1.54) is 0 Å². The molecule has 2 aromatic rings. The van der Waals surface area contributed by atoms with Crippen molar-refractivity contribution in [3.63, 3.8) is 0 Å². The van der Waals surface area contributed by atoms with Crippen LogP contribution in [-0.4, -0.2) is 40.8 Å². The van der Waals surface area contributed by atoms with Crippen LogP contribution in [0.25, 0.3) is 0 Å². The molecule has 0 atom stereocenters. The molecule has 1 saturated heterocycles. The standard InChI is InChI=1S/C18H18ClN3O2/c19-15-5-1-3-13(11-15)17(23)21-16-6-9-22(10-7-16)18(24)14-4-2-8-20-12-14/h1-5,8,11-12,16H,6-7,9-10H2,(H,21,23). The van der Waals surface area contributed by atoms with Crippen LogP contribution in [0.2, 0.25) is 5.02 Å². The summed E-state index contributed by atoms with van der Waals surface area (Å²) in [5.41, 5.74) is 1.15. The lowest BCUT2D eigenvalue weighted by Gasteiger charge is -2.32. The molecule has 1 aliphatic heterocycles. The molecule has 124 valence electrons. The Morgan fingerprint density at radius 3 is 2.54 bits per heavy atom. The van der Waals surface area contributed by atoms with Crippen molar-refractivity contribution < 1.29 is 9.59 Å². The average Bonchev–Trinajstić information content (AvgIpc) is 2.62. The van der Waals surface area contributed by atoms with Crippen molar-refractivity contribution in [1.82, 2.24) is 15.2 Å². The van der Waals surface area contributed by atoms with E-state index < -0.39 is 0 Å². The van der Waals surface area contributed by atoms with Crippen LogP contribution in [0.4, 0.5) is 0 Å². The lowest BCUT2D eigenvalue weighted by Crippen LogP contribution is -2.46. The van der Waals surface area contributed by atoms with E-state index in [0.717, 1.165) is 12.8 Å². The Hall–Kier alpha value is -2.40. The Labute approximate surface area is 145 Å². The molecule has 0 unspecified atom stereocenters. The maximum Gasteiger partial charge on any atom is 0.255 e. The van der Waals surface area contributed by atoms with E-state index in [1.807, 2.05) is 0 Å². The zero-order valence-electron chi connectivity index (χ0n) is 13.1. The van der Waals surface area contributed by atoms with E-state index >= 15 is 0 Å². The smallest absolute Gasteiger partial charge is 0.255 e. The third-order valence-corrected chi connectivity index (χ3v) is 4.35. The quantitative estimate of drug-likeness (QED) is 0.932. The predicted molar refractivity (Wildman–Crippen MR) is 92.1 cm³/mol. The third-order valence-electron chi connectivity index (χ3n) is 4.11. The van der Waals surface area contributed by atoms with Crippen LogP contribution in [-0.2, 0) is 0 Å². The molecular weight excluding hydrogens is 326 g/mol. The topological polar surface area (TPSA) is 62.3 Å². The zero-order valence-corrected chi connectivity index (χ0v) is 13.9. The number of hydrogen-bond acceptors (Lipinski definition) is 3. The van der Waals surface area contributed by atoms with E-state index in [2.05, 4.69) is 10.3 Å². The van der Waals surface area contributed by atoms with Gasteiger partial charge in [-0.1, -0.05) is 17.7 Å². The number of carbonyl (C=O) groups is 2. The van der Waals surface area contributed by atoms with E-state index in [0.29, 0.717) is 29.2 Å². The van der Waals surface area contributed by atoms with Crippen LogP contribution in [0.3, 0.4) is 0 Å². The van der Waals surface area contributed by atoms with Crippen molar-refractivity contribution >= 4 is 23.4 Å². The highest BCUT2D eigenvalue weighted by Crippen LogP contribution is 2.15. The second-order valence-corrected chi connectivity index (χ2v) is 6.23. The Kier molecular flexibility index (Phi) is 5.11. The van der Waals surface area contributed by atoms with Gasteiger partial charge in [-0.25, -0.2) is 0 Å². The molecule has 0 spiro atoms. The van der Waals surface area contributed by atoms with E-state index in [9.17, 15) is 9.59 Å². The molecule has 0 radical (unpaired) electrons. The monoisotopic (exact) mass is 343 g/mol. The molecule has 1 N–H and O–H groups in total. The van der Waals surface area contributed by atoms with E-state index in [4.69, 9.17) is 11.6 Å². The normalized spacial score (nSPS) is 15.1. The number of benzene rings is 1. The summed E-state index contributed by atoms with van der Waals surface area (Å²) < 4.78 is 0. The van der Waals surface area contributed by atoms with Crippen LogP contribution >= 0.6 is 11.6 Å². The number of aromatic nitrogens is 1. The summed E-state index contributed by atoms with van der Waals surface area (Å²) in [7, 11) is 0. The maximum absolute atomic E-state index is 12.4. The molecule has 0 aliphatic carbocycles.